The van der Waals surface area contributed by atoms with Gasteiger partial charge in [0.25, 0.3) is 11.7 Å². The predicted molar refractivity (Wildman–Crippen MR) is 149 cm³/mol. The summed E-state index contributed by atoms with van der Waals surface area (Å²) >= 11 is 5.87. The molecule has 1 amide bonds. The summed E-state index contributed by atoms with van der Waals surface area (Å²) in [6.45, 7) is 0. The molecule has 0 spiro atoms. The highest BCUT2D eigenvalue weighted by Crippen LogP contribution is 2.33. The van der Waals surface area contributed by atoms with Gasteiger partial charge in [0.2, 0.25) is 5.89 Å². The standard InChI is InChI=1S/C31H19ClF7N3O3/c32-23-15-20(7-11-24(23)33)17-3-1-16(2-4-17)13-25(28-41-29(42-45-28)31(37,38)39)40-27(44)22-14-19(8-12-26(22)43)18-5-9-21(10-6-18)30(34,35)36/h1-12,14-15,25,43H,13H2,(H,40,44)/t25-/m1/s1. The van der Waals surface area contributed by atoms with E-state index in [0.29, 0.717) is 22.3 Å². The van der Waals surface area contributed by atoms with Gasteiger partial charge < -0.3 is 14.9 Å². The van der Waals surface area contributed by atoms with E-state index in [1.807, 2.05) is 0 Å². The Morgan fingerprint density at radius 1 is 0.822 bits per heavy atom. The van der Waals surface area contributed by atoms with Crippen LogP contribution >= 0.6 is 11.6 Å². The van der Waals surface area contributed by atoms with Crippen molar-refractivity contribution in [3.8, 4) is 28.0 Å². The lowest BCUT2D eigenvalue weighted by molar-refractivity contribution is -0.146. The van der Waals surface area contributed by atoms with Gasteiger partial charge in [0, 0.05) is 6.42 Å². The van der Waals surface area contributed by atoms with Crippen molar-refractivity contribution in [1.82, 2.24) is 15.5 Å². The zero-order valence-electron chi connectivity index (χ0n) is 22.5. The number of hydrogen-bond acceptors (Lipinski definition) is 5. The van der Waals surface area contributed by atoms with Gasteiger partial charge in [0.05, 0.1) is 16.1 Å². The van der Waals surface area contributed by atoms with E-state index in [1.54, 1.807) is 24.3 Å². The van der Waals surface area contributed by atoms with Crippen molar-refractivity contribution in [2.75, 3.05) is 0 Å². The number of phenols is 1. The molecule has 4 aromatic carbocycles. The van der Waals surface area contributed by atoms with Crippen LogP contribution < -0.4 is 5.32 Å². The summed E-state index contributed by atoms with van der Waals surface area (Å²) in [5.74, 6) is -4.15. The van der Waals surface area contributed by atoms with E-state index in [9.17, 15) is 40.6 Å². The maximum absolute atomic E-state index is 13.6. The second-order valence-corrected chi connectivity index (χ2v) is 10.2. The number of nitrogens with one attached hydrogen (secondary N) is 1. The molecule has 0 radical (unpaired) electrons. The van der Waals surface area contributed by atoms with Crippen molar-refractivity contribution in [3.63, 3.8) is 0 Å². The summed E-state index contributed by atoms with van der Waals surface area (Å²) in [7, 11) is 0. The molecular formula is C31H19ClF7N3O3. The zero-order valence-corrected chi connectivity index (χ0v) is 23.3. The van der Waals surface area contributed by atoms with Gasteiger partial charge >= 0.3 is 12.4 Å². The fourth-order valence-electron chi connectivity index (χ4n) is 4.42. The van der Waals surface area contributed by atoms with Gasteiger partial charge in [-0.15, -0.1) is 0 Å². The van der Waals surface area contributed by atoms with E-state index in [2.05, 4.69) is 15.5 Å². The van der Waals surface area contributed by atoms with Crippen LogP contribution in [-0.2, 0) is 18.8 Å². The van der Waals surface area contributed by atoms with Crippen LogP contribution in [0.3, 0.4) is 0 Å². The summed E-state index contributed by atoms with van der Waals surface area (Å²) in [5, 5.41) is 15.8. The molecule has 5 aromatic rings. The number of nitrogens with zero attached hydrogens (tertiary/aromatic N) is 2. The SMILES string of the molecule is O=C(N[C@H](Cc1ccc(-c2ccc(F)c(Cl)c2)cc1)c1nc(C(F)(F)F)no1)c1cc(-c2ccc(C(F)(F)F)cc2)ccc1O. The lowest BCUT2D eigenvalue weighted by atomic mass is 9.99. The molecule has 232 valence electrons. The highest BCUT2D eigenvalue weighted by molar-refractivity contribution is 6.31. The summed E-state index contributed by atoms with van der Waals surface area (Å²) in [6.07, 6.45) is -9.61. The highest BCUT2D eigenvalue weighted by atomic mass is 35.5. The van der Waals surface area contributed by atoms with E-state index in [1.165, 1.54) is 42.5 Å². The molecule has 0 saturated heterocycles. The average Bonchev–Trinajstić information content (AvgIpc) is 3.50. The molecule has 1 heterocycles. The van der Waals surface area contributed by atoms with Gasteiger partial charge in [-0.25, -0.2) is 4.39 Å². The maximum Gasteiger partial charge on any atom is 0.455 e. The second-order valence-electron chi connectivity index (χ2n) is 9.82. The Morgan fingerprint density at radius 2 is 1.40 bits per heavy atom. The molecule has 0 aliphatic rings. The van der Waals surface area contributed by atoms with E-state index >= 15 is 0 Å². The van der Waals surface area contributed by atoms with Crippen molar-refractivity contribution in [2.45, 2.75) is 24.8 Å². The molecule has 0 unspecified atom stereocenters. The number of phenolic OH excluding ortho intramolecular Hbond substituents is 1. The number of benzene rings is 4. The minimum Gasteiger partial charge on any atom is -0.507 e. The molecule has 6 nitrogen and oxygen atoms in total. The maximum atomic E-state index is 13.6. The summed E-state index contributed by atoms with van der Waals surface area (Å²) < 4.78 is 97.0. The van der Waals surface area contributed by atoms with Crippen LogP contribution in [0.4, 0.5) is 30.7 Å². The van der Waals surface area contributed by atoms with Gasteiger partial charge in [-0.2, -0.15) is 31.3 Å². The quantitative estimate of drug-likeness (QED) is 0.172. The molecule has 5 rings (SSSR count). The van der Waals surface area contributed by atoms with Crippen LogP contribution in [0.5, 0.6) is 5.75 Å². The van der Waals surface area contributed by atoms with Crippen molar-refractivity contribution in [2.24, 2.45) is 0 Å². The third kappa shape index (κ3) is 7.26. The summed E-state index contributed by atoms with van der Waals surface area (Å²) in [5.41, 5.74) is 1.19. The number of aromatic nitrogens is 2. The average molecular weight is 650 g/mol. The van der Waals surface area contributed by atoms with Crippen LogP contribution in [0.2, 0.25) is 5.02 Å². The molecule has 14 heteroatoms. The Balaban J connectivity index is 1.42. The Bertz CT molecular complexity index is 1840. The lowest BCUT2D eigenvalue weighted by Gasteiger charge is -2.17. The van der Waals surface area contributed by atoms with E-state index in [4.69, 9.17) is 16.1 Å². The number of rotatable bonds is 7. The Kier molecular flexibility index (Phi) is 8.57. The molecule has 45 heavy (non-hydrogen) atoms. The number of carbonyl (C=O) groups is 1. The van der Waals surface area contributed by atoms with E-state index in [-0.39, 0.29) is 22.6 Å². The predicted octanol–water partition coefficient (Wildman–Crippen LogP) is 8.65. The fourth-order valence-corrected chi connectivity index (χ4v) is 4.60. The lowest BCUT2D eigenvalue weighted by Crippen LogP contribution is -2.30. The first kappa shape index (κ1) is 31.5. The highest BCUT2D eigenvalue weighted by Gasteiger charge is 2.38. The van der Waals surface area contributed by atoms with E-state index in [0.717, 1.165) is 18.2 Å². The molecule has 2 N–H and O–H groups in total. The van der Waals surface area contributed by atoms with Gasteiger partial charge in [0.1, 0.15) is 17.6 Å². The Labute approximate surface area is 255 Å². The van der Waals surface area contributed by atoms with E-state index < -0.39 is 53.1 Å². The molecular weight excluding hydrogens is 631 g/mol. The third-order valence-electron chi connectivity index (χ3n) is 6.73. The van der Waals surface area contributed by atoms with Gasteiger partial charge in [-0.3, -0.25) is 4.79 Å². The molecule has 1 aromatic heterocycles. The van der Waals surface area contributed by atoms with Gasteiger partial charge in [0.15, 0.2) is 0 Å². The summed E-state index contributed by atoms with van der Waals surface area (Å²) in [4.78, 5) is 16.7. The third-order valence-corrected chi connectivity index (χ3v) is 7.02. The first-order chi connectivity index (χ1) is 21.2. The van der Waals surface area contributed by atoms with Crippen LogP contribution in [0, 0.1) is 5.82 Å². The van der Waals surface area contributed by atoms with Crippen molar-refractivity contribution in [3.05, 3.63) is 124 Å². The second kappa shape index (κ2) is 12.2. The molecule has 0 aliphatic heterocycles. The number of aromatic hydroxyl groups is 1. The Hall–Kier alpha value is -4.91. The van der Waals surface area contributed by atoms with Crippen molar-refractivity contribution < 1.29 is 45.2 Å². The summed E-state index contributed by atoms with van der Waals surface area (Å²) in [6, 6.07) is 17.3. The van der Waals surface area contributed by atoms with Crippen molar-refractivity contribution >= 4 is 17.5 Å². The molecule has 1 atom stereocenters. The zero-order chi connectivity index (χ0) is 32.5. The van der Waals surface area contributed by atoms with Gasteiger partial charge in [-0.1, -0.05) is 65.3 Å². The van der Waals surface area contributed by atoms with Crippen LogP contribution in [0.15, 0.2) is 89.5 Å². The number of alkyl halides is 6. The number of carbonyl (C=O) groups excluding carboxylic acids is 1. The normalized spacial score (nSPS) is 12.6. The molecule has 0 fully saturated rings. The van der Waals surface area contributed by atoms with Crippen LogP contribution in [0.25, 0.3) is 22.3 Å². The topological polar surface area (TPSA) is 88.3 Å². The van der Waals surface area contributed by atoms with Crippen LogP contribution in [0.1, 0.15) is 39.2 Å². The minimum absolute atomic E-state index is 0.0816. The largest absolute Gasteiger partial charge is 0.507 e. The Morgan fingerprint density at radius 3 is 1.98 bits per heavy atom. The molecule has 0 saturated carbocycles. The smallest absolute Gasteiger partial charge is 0.455 e. The van der Waals surface area contributed by atoms with Crippen molar-refractivity contribution in [1.29, 1.82) is 0 Å². The fraction of sp³-hybridized carbons (Fsp3) is 0.129. The number of amides is 1. The monoisotopic (exact) mass is 649 g/mol. The minimum atomic E-state index is -4.93. The number of halogens is 8. The number of hydrogen-bond donors (Lipinski definition) is 2. The first-order valence-corrected chi connectivity index (χ1v) is 13.3. The molecule has 0 bridgehead atoms. The van der Waals surface area contributed by atoms with Crippen LogP contribution in [-0.4, -0.2) is 21.2 Å². The molecule has 0 aliphatic carbocycles. The van der Waals surface area contributed by atoms with Gasteiger partial charge in [-0.05, 0) is 64.2 Å². The first-order valence-electron chi connectivity index (χ1n) is 13.0.